The Hall–Kier alpha value is -0.460. The molecule has 0 saturated carbocycles. The number of hydrogen-bond donors (Lipinski definition) is 1. The highest BCUT2D eigenvalue weighted by Crippen LogP contribution is 2.33. The number of thioether (sulfide) groups is 1. The molecule has 0 bridgehead atoms. The van der Waals surface area contributed by atoms with Crippen LogP contribution in [-0.4, -0.2) is 22.5 Å². The molecule has 1 rings (SSSR count). The normalized spacial score (nSPS) is 12.4. The van der Waals surface area contributed by atoms with Crippen LogP contribution in [-0.2, 0) is 0 Å². The van der Waals surface area contributed by atoms with Crippen LogP contribution in [0.2, 0.25) is 0 Å². The van der Waals surface area contributed by atoms with Crippen LogP contribution in [0.5, 0.6) is 0 Å². The molecule has 0 spiro atoms. The molecule has 1 aromatic heterocycles. The Morgan fingerprint density at radius 2 is 2.50 bits per heavy atom. The zero-order chi connectivity index (χ0) is 10.4. The molecule has 0 aliphatic carbocycles. The fourth-order valence-electron chi connectivity index (χ4n) is 0.924. The molecule has 4 nitrogen and oxygen atoms in total. The highest BCUT2D eigenvalue weighted by molar-refractivity contribution is 9.10. The molecule has 0 saturated heterocycles. The maximum absolute atomic E-state index is 10.6. The molecule has 1 aromatic rings. The lowest BCUT2D eigenvalue weighted by atomic mass is 10.3. The summed E-state index contributed by atoms with van der Waals surface area (Å²) in [5.74, 6) is 0.484. The van der Waals surface area contributed by atoms with Crippen molar-refractivity contribution in [1.29, 1.82) is 0 Å². The van der Waals surface area contributed by atoms with Crippen LogP contribution in [0.15, 0.2) is 28.1 Å². The van der Waals surface area contributed by atoms with Crippen molar-refractivity contribution in [2.24, 2.45) is 5.18 Å². The van der Waals surface area contributed by atoms with E-state index in [-0.39, 0.29) is 6.61 Å². The van der Waals surface area contributed by atoms with E-state index in [0.717, 1.165) is 5.56 Å². The van der Waals surface area contributed by atoms with E-state index in [2.05, 4.69) is 26.1 Å². The monoisotopic (exact) mass is 276 g/mol. The lowest BCUT2D eigenvalue weighted by molar-refractivity contribution is 0.322. The van der Waals surface area contributed by atoms with E-state index in [0.29, 0.717) is 10.4 Å². The number of halogens is 1. The number of aromatic nitrogens is 1. The average molecular weight is 277 g/mol. The van der Waals surface area contributed by atoms with E-state index in [9.17, 15) is 4.91 Å². The molecular formula is C8H9BrN2O2S. The molecule has 76 valence electrons. The Morgan fingerprint density at radius 3 is 3.07 bits per heavy atom. The number of nitrogens with zero attached hydrogens (tertiary/aromatic N) is 2. The smallest absolute Gasteiger partial charge is 0.165 e. The summed E-state index contributed by atoms with van der Waals surface area (Å²) in [5.41, 5.74) is 0.737. The summed E-state index contributed by atoms with van der Waals surface area (Å²) in [5, 5.41) is 11.1. The number of aliphatic hydroxyl groups is 1. The highest BCUT2D eigenvalue weighted by atomic mass is 79.9. The van der Waals surface area contributed by atoms with Gasteiger partial charge in [-0.25, -0.2) is 4.98 Å². The topological polar surface area (TPSA) is 62.5 Å². The van der Waals surface area contributed by atoms with Crippen LogP contribution < -0.4 is 0 Å². The van der Waals surface area contributed by atoms with Crippen LogP contribution in [0, 0.1) is 4.91 Å². The van der Waals surface area contributed by atoms with Gasteiger partial charge in [-0.15, -0.1) is 16.7 Å². The zero-order valence-corrected chi connectivity index (χ0v) is 9.66. The van der Waals surface area contributed by atoms with Gasteiger partial charge in [-0.3, -0.25) is 0 Å². The van der Waals surface area contributed by atoms with Gasteiger partial charge in [-0.1, -0.05) is 11.2 Å². The minimum Gasteiger partial charge on any atom is -0.396 e. The lowest BCUT2D eigenvalue weighted by Gasteiger charge is -2.08. The van der Waals surface area contributed by atoms with Crippen molar-refractivity contribution in [3.8, 4) is 0 Å². The molecule has 1 unspecified atom stereocenters. The van der Waals surface area contributed by atoms with Crippen molar-refractivity contribution < 1.29 is 5.11 Å². The van der Waals surface area contributed by atoms with Crippen LogP contribution in [0.25, 0.3) is 0 Å². The summed E-state index contributed by atoms with van der Waals surface area (Å²) in [6.45, 7) is 0.0363. The molecule has 1 heterocycles. The fourth-order valence-corrected chi connectivity index (χ4v) is 2.30. The first-order valence-corrected chi connectivity index (χ1v) is 5.79. The molecule has 0 fully saturated rings. The van der Waals surface area contributed by atoms with Gasteiger partial charge in [0.1, 0.15) is 4.60 Å². The van der Waals surface area contributed by atoms with E-state index in [1.807, 2.05) is 0 Å². The van der Waals surface area contributed by atoms with E-state index in [1.54, 1.807) is 18.3 Å². The molecule has 14 heavy (non-hydrogen) atoms. The molecule has 1 atom stereocenters. The summed E-state index contributed by atoms with van der Waals surface area (Å²) < 4.78 is 0.620. The molecule has 6 heteroatoms. The quantitative estimate of drug-likeness (QED) is 0.662. The first-order valence-electron chi connectivity index (χ1n) is 3.95. The largest absolute Gasteiger partial charge is 0.396 e. The van der Waals surface area contributed by atoms with Gasteiger partial charge < -0.3 is 5.11 Å². The molecule has 0 aliphatic rings. The van der Waals surface area contributed by atoms with Crippen LogP contribution in [0.4, 0.5) is 0 Å². The lowest BCUT2D eigenvalue weighted by Crippen LogP contribution is -1.96. The number of aliphatic hydroxyl groups excluding tert-OH is 1. The minimum atomic E-state index is -0.509. The molecule has 0 radical (unpaired) electrons. The van der Waals surface area contributed by atoms with Crippen molar-refractivity contribution in [3.63, 3.8) is 0 Å². The van der Waals surface area contributed by atoms with Gasteiger partial charge in [0, 0.05) is 17.5 Å². The first kappa shape index (κ1) is 11.6. The van der Waals surface area contributed by atoms with Crippen LogP contribution >= 0.6 is 27.7 Å². The van der Waals surface area contributed by atoms with Gasteiger partial charge >= 0.3 is 0 Å². The Kier molecular flexibility index (Phi) is 5.06. The average Bonchev–Trinajstić information content (AvgIpc) is 2.21. The van der Waals surface area contributed by atoms with E-state index in [4.69, 9.17) is 5.11 Å². The molecule has 0 aliphatic heterocycles. The van der Waals surface area contributed by atoms with Gasteiger partial charge in [-0.05, 0) is 22.0 Å². The van der Waals surface area contributed by atoms with Gasteiger partial charge in [0.15, 0.2) is 5.37 Å². The highest BCUT2D eigenvalue weighted by Gasteiger charge is 2.15. The first-order chi connectivity index (χ1) is 6.79. The fraction of sp³-hybridized carbons (Fsp3) is 0.375. The molecular weight excluding hydrogens is 268 g/mol. The van der Waals surface area contributed by atoms with E-state index < -0.39 is 5.37 Å². The molecule has 0 amide bonds. The van der Waals surface area contributed by atoms with E-state index in [1.165, 1.54) is 11.8 Å². The summed E-state index contributed by atoms with van der Waals surface area (Å²) in [4.78, 5) is 14.6. The van der Waals surface area contributed by atoms with Gasteiger partial charge in [0.25, 0.3) is 0 Å². The summed E-state index contributed by atoms with van der Waals surface area (Å²) in [7, 11) is 0. The van der Waals surface area contributed by atoms with Crippen molar-refractivity contribution >= 4 is 27.7 Å². The van der Waals surface area contributed by atoms with Crippen LogP contribution in [0.3, 0.4) is 0 Å². The van der Waals surface area contributed by atoms with Crippen LogP contribution in [0.1, 0.15) is 10.9 Å². The maximum Gasteiger partial charge on any atom is 0.165 e. The standard InChI is InChI=1S/C8H9BrN2O2S/c9-7-6(2-1-3-10-7)8(11-13)14-5-4-12/h1-3,8,12H,4-5H2. The molecule has 1 N–H and O–H groups in total. The Morgan fingerprint density at radius 1 is 1.71 bits per heavy atom. The third-order valence-electron chi connectivity index (χ3n) is 1.52. The Labute approximate surface area is 94.2 Å². The number of hydrogen-bond acceptors (Lipinski definition) is 5. The Balaban J connectivity index is 2.78. The van der Waals surface area contributed by atoms with Crippen molar-refractivity contribution in [3.05, 3.63) is 33.4 Å². The third-order valence-corrected chi connectivity index (χ3v) is 3.25. The second kappa shape index (κ2) is 6.10. The molecule has 0 aromatic carbocycles. The second-order valence-corrected chi connectivity index (χ2v) is 4.37. The van der Waals surface area contributed by atoms with Gasteiger partial charge in [-0.2, -0.15) is 0 Å². The maximum atomic E-state index is 10.6. The number of pyridine rings is 1. The zero-order valence-electron chi connectivity index (χ0n) is 7.26. The minimum absolute atomic E-state index is 0.0363. The van der Waals surface area contributed by atoms with Gasteiger partial charge in [0.05, 0.1) is 6.61 Å². The number of rotatable bonds is 5. The summed E-state index contributed by atoms with van der Waals surface area (Å²) in [6, 6.07) is 3.53. The van der Waals surface area contributed by atoms with Crippen molar-refractivity contribution in [2.45, 2.75) is 5.37 Å². The summed E-state index contributed by atoms with van der Waals surface area (Å²) in [6.07, 6.45) is 1.63. The number of nitroso groups, excluding NO2 is 1. The second-order valence-electron chi connectivity index (χ2n) is 2.44. The third kappa shape index (κ3) is 3.04. The predicted octanol–water partition coefficient (Wildman–Crippen LogP) is 2.33. The SMILES string of the molecule is O=NC(SCCO)c1cccnc1Br. The Bertz CT molecular complexity index is 311. The predicted molar refractivity (Wildman–Crippen MR) is 60.0 cm³/mol. The van der Waals surface area contributed by atoms with E-state index >= 15 is 0 Å². The van der Waals surface area contributed by atoms with Crippen molar-refractivity contribution in [1.82, 2.24) is 4.98 Å². The van der Waals surface area contributed by atoms with Gasteiger partial charge in [0.2, 0.25) is 0 Å². The van der Waals surface area contributed by atoms with Crippen molar-refractivity contribution in [2.75, 3.05) is 12.4 Å². The summed E-state index contributed by atoms with van der Waals surface area (Å²) >= 11 is 4.53.